The van der Waals surface area contributed by atoms with Crippen molar-refractivity contribution < 1.29 is 9.53 Å². The highest BCUT2D eigenvalue weighted by molar-refractivity contribution is 5.92. The lowest BCUT2D eigenvalue weighted by atomic mass is 10.1. The minimum Gasteiger partial charge on any atom is -0.457 e. The third kappa shape index (κ3) is 4.73. The van der Waals surface area contributed by atoms with E-state index in [1.54, 1.807) is 0 Å². The molecule has 0 unspecified atom stereocenters. The van der Waals surface area contributed by atoms with Crippen LogP contribution in [0.3, 0.4) is 0 Å². The van der Waals surface area contributed by atoms with E-state index in [-0.39, 0.29) is 5.91 Å². The van der Waals surface area contributed by atoms with Gasteiger partial charge in [0.2, 0.25) is 0 Å². The van der Waals surface area contributed by atoms with Crippen LogP contribution < -0.4 is 21.1 Å². The lowest BCUT2D eigenvalue weighted by Gasteiger charge is -2.11. The average Bonchev–Trinajstić information content (AvgIpc) is 3.18. The molecule has 5 rings (SSSR count). The Balaban J connectivity index is 1.26. The predicted octanol–water partition coefficient (Wildman–Crippen LogP) is 4.04. The van der Waals surface area contributed by atoms with Gasteiger partial charge in [0, 0.05) is 31.0 Å². The molecule has 3 aromatic carbocycles. The van der Waals surface area contributed by atoms with E-state index in [0.29, 0.717) is 31.9 Å². The molecule has 1 amide bonds. The van der Waals surface area contributed by atoms with Crippen molar-refractivity contribution >= 4 is 11.6 Å². The van der Waals surface area contributed by atoms with Crippen LogP contribution in [0.1, 0.15) is 33.0 Å². The fraction of sp³-hybridized carbons (Fsp3) is 0.154. The van der Waals surface area contributed by atoms with Crippen molar-refractivity contribution in [3.8, 4) is 11.5 Å². The number of fused-ring (bicyclic) bond motifs is 2. The molecule has 7 heteroatoms. The number of hydrogen-bond donors (Lipinski definition) is 3. The molecule has 0 aliphatic carbocycles. The maximum Gasteiger partial charge on any atom is 0.271 e. The number of imidazole rings is 1. The first-order valence-electron chi connectivity index (χ1n) is 10.9. The quantitative estimate of drug-likeness (QED) is 0.422. The molecular formula is C26H25N5O2. The molecule has 0 fully saturated rings. The summed E-state index contributed by atoms with van der Waals surface area (Å²) < 4.78 is 7.96. The second kappa shape index (κ2) is 9.18. The predicted molar refractivity (Wildman–Crippen MR) is 127 cm³/mol. The highest BCUT2D eigenvalue weighted by atomic mass is 16.5. The second-order valence-corrected chi connectivity index (χ2v) is 7.96. The zero-order valence-corrected chi connectivity index (χ0v) is 18.1. The molecule has 166 valence electrons. The Bertz CT molecular complexity index is 1270. The molecule has 2 heterocycles. The number of nitrogens with one attached hydrogen (secondary N) is 2. The fourth-order valence-electron chi connectivity index (χ4n) is 3.81. The van der Waals surface area contributed by atoms with Gasteiger partial charge in [-0.05, 0) is 34.9 Å². The van der Waals surface area contributed by atoms with Gasteiger partial charge in [-0.15, -0.1) is 0 Å². The largest absolute Gasteiger partial charge is 0.457 e. The van der Waals surface area contributed by atoms with Gasteiger partial charge < -0.3 is 25.7 Å². The minimum atomic E-state index is -0.190. The molecule has 4 aromatic rings. The number of nitrogens with zero attached hydrogens (tertiary/aromatic N) is 2. The number of aromatic nitrogens is 2. The number of rotatable bonds is 6. The van der Waals surface area contributed by atoms with Crippen LogP contribution in [0.2, 0.25) is 0 Å². The minimum absolute atomic E-state index is 0.190. The van der Waals surface area contributed by atoms with Crippen LogP contribution in [-0.2, 0) is 26.2 Å². The van der Waals surface area contributed by atoms with Crippen molar-refractivity contribution in [3.63, 3.8) is 0 Å². The van der Waals surface area contributed by atoms with E-state index in [9.17, 15) is 4.79 Å². The number of anilines is 1. The van der Waals surface area contributed by atoms with E-state index >= 15 is 0 Å². The summed E-state index contributed by atoms with van der Waals surface area (Å²) in [5.41, 5.74) is 10.2. The van der Waals surface area contributed by atoms with E-state index in [2.05, 4.69) is 15.6 Å². The van der Waals surface area contributed by atoms with Crippen LogP contribution in [0.15, 0.2) is 79.0 Å². The fourth-order valence-corrected chi connectivity index (χ4v) is 3.81. The Morgan fingerprint density at radius 3 is 2.61 bits per heavy atom. The van der Waals surface area contributed by atoms with Gasteiger partial charge in [0.25, 0.3) is 5.91 Å². The second-order valence-electron chi connectivity index (χ2n) is 7.96. The van der Waals surface area contributed by atoms with Crippen molar-refractivity contribution in [1.82, 2.24) is 14.9 Å². The SMILES string of the molecule is NCc1ccc(CNC(=O)c2cn3c(n2)CNc2cc(Oc4ccccc4)ccc2C3)cc1. The molecule has 0 saturated heterocycles. The van der Waals surface area contributed by atoms with Gasteiger partial charge in [0.05, 0.1) is 13.1 Å². The molecule has 0 radical (unpaired) electrons. The van der Waals surface area contributed by atoms with E-state index < -0.39 is 0 Å². The lowest BCUT2D eigenvalue weighted by molar-refractivity contribution is 0.0946. The summed E-state index contributed by atoms with van der Waals surface area (Å²) in [7, 11) is 0. The summed E-state index contributed by atoms with van der Waals surface area (Å²) in [6, 6.07) is 23.6. The third-order valence-corrected chi connectivity index (χ3v) is 5.64. The Morgan fingerprint density at radius 1 is 1.03 bits per heavy atom. The standard InChI is InChI=1S/C26H25N5O2/c27-13-18-6-8-19(9-7-18)14-29-26(32)24-17-31-16-20-10-11-22(33-21-4-2-1-3-5-21)12-23(20)28-15-25(31)30-24/h1-12,17,28H,13-16,27H2,(H,29,32). The molecule has 4 N–H and O–H groups in total. The number of hydrogen-bond acceptors (Lipinski definition) is 5. The van der Waals surface area contributed by atoms with E-state index in [1.165, 1.54) is 0 Å². The monoisotopic (exact) mass is 439 g/mol. The third-order valence-electron chi connectivity index (χ3n) is 5.64. The maximum atomic E-state index is 12.7. The van der Waals surface area contributed by atoms with Gasteiger partial charge in [0.15, 0.2) is 0 Å². The molecule has 1 aliphatic heterocycles. The molecule has 1 aliphatic rings. The number of nitrogens with two attached hydrogens (primary N) is 1. The highest BCUT2D eigenvalue weighted by Gasteiger charge is 2.19. The smallest absolute Gasteiger partial charge is 0.271 e. The van der Waals surface area contributed by atoms with Crippen molar-refractivity contribution in [2.75, 3.05) is 5.32 Å². The summed E-state index contributed by atoms with van der Waals surface area (Å²) in [4.78, 5) is 17.2. The highest BCUT2D eigenvalue weighted by Crippen LogP contribution is 2.29. The van der Waals surface area contributed by atoms with Crippen LogP contribution in [0, 0.1) is 0 Å². The molecule has 0 atom stereocenters. The van der Waals surface area contributed by atoms with Gasteiger partial charge in [-0.2, -0.15) is 0 Å². The Morgan fingerprint density at radius 2 is 1.82 bits per heavy atom. The molecule has 33 heavy (non-hydrogen) atoms. The summed E-state index contributed by atoms with van der Waals surface area (Å²) in [6.45, 7) is 2.10. The first-order valence-corrected chi connectivity index (χ1v) is 10.9. The number of ether oxygens (including phenoxy) is 1. The van der Waals surface area contributed by atoms with E-state index in [0.717, 1.165) is 39.7 Å². The number of para-hydroxylation sites is 1. The number of carbonyl (C=O) groups excluding carboxylic acids is 1. The van der Waals surface area contributed by atoms with Crippen molar-refractivity contribution in [2.45, 2.75) is 26.2 Å². The van der Waals surface area contributed by atoms with E-state index in [4.69, 9.17) is 10.5 Å². The number of carbonyl (C=O) groups is 1. The zero-order chi connectivity index (χ0) is 22.6. The first-order chi connectivity index (χ1) is 16.2. The molecule has 1 aromatic heterocycles. The molecular weight excluding hydrogens is 414 g/mol. The van der Waals surface area contributed by atoms with Crippen molar-refractivity contribution in [2.24, 2.45) is 5.73 Å². The summed E-state index contributed by atoms with van der Waals surface area (Å²) in [5, 5.41) is 6.37. The molecule has 0 spiro atoms. The van der Waals surface area contributed by atoms with Crippen molar-refractivity contribution in [3.05, 3.63) is 107 Å². The Labute approximate surface area is 192 Å². The molecule has 0 bridgehead atoms. The van der Waals surface area contributed by atoms with Gasteiger partial charge in [-0.25, -0.2) is 4.98 Å². The van der Waals surface area contributed by atoms with Crippen LogP contribution >= 0.6 is 0 Å². The number of amides is 1. The number of benzene rings is 3. The van der Waals surface area contributed by atoms with Gasteiger partial charge in [0.1, 0.15) is 23.0 Å². The van der Waals surface area contributed by atoms with Gasteiger partial charge in [-0.3, -0.25) is 4.79 Å². The van der Waals surface area contributed by atoms with E-state index in [1.807, 2.05) is 83.6 Å². The first kappa shape index (κ1) is 20.8. The van der Waals surface area contributed by atoms with Gasteiger partial charge in [-0.1, -0.05) is 48.5 Å². The van der Waals surface area contributed by atoms with Crippen LogP contribution in [0.5, 0.6) is 11.5 Å². The summed E-state index contributed by atoms with van der Waals surface area (Å²) in [5.74, 6) is 2.19. The maximum absolute atomic E-state index is 12.7. The normalized spacial score (nSPS) is 12.2. The average molecular weight is 440 g/mol. The Hall–Kier alpha value is -4.10. The van der Waals surface area contributed by atoms with Crippen LogP contribution in [-0.4, -0.2) is 15.5 Å². The lowest BCUT2D eigenvalue weighted by Crippen LogP contribution is -2.23. The van der Waals surface area contributed by atoms with Crippen LogP contribution in [0.25, 0.3) is 0 Å². The zero-order valence-electron chi connectivity index (χ0n) is 18.1. The van der Waals surface area contributed by atoms with Crippen molar-refractivity contribution in [1.29, 1.82) is 0 Å². The van der Waals surface area contributed by atoms with Crippen LogP contribution in [0.4, 0.5) is 5.69 Å². The topological polar surface area (TPSA) is 94.2 Å². The molecule has 7 nitrogen and oxygen atoms in total. The molecule has 0 saturated carbocycles. The summed E-state index contributed by atoms with van der Waals surface area (Å²) >= 11 is 0. The van der Waals surface area contributed by atoms with Gasteiger partial charge >= 0.3 is 0 Å². The Kier molecular flexibility index (Phi) is 5.78. The summed E-state index contributed by atoms with van der Waals surface area (Å²) in [6.07, 6.45) is 1.81.